The fraction of sp³-hybridized carbons (Fsp3) is 0.400. The molecule has 0 atom stereocenters. The van der Waals surface area contributed by atoms with Gasteiger partial charge in [0, 0.05) is 11.5 Å². The Morgan fingerprint density at radius 2 is 2.10 bits per heavy atom. The summed E-state index contributed by atoms with van der Waals surface area (Å²) in [5.74, 6) is 0.373. The topological polar surface area (TPSA) is 48.1 Å². The number of benzene rings is 1. The summed E-state index contributed by atoms with van der Waals surface area (Å²) >= 11 is 1.54. The number of nitrogens with two attached hydrogens (primary N) is 1. The third kappa shape index (κ3) is 2.38. The van der Waals surface area contributed by atoms with Gasteiger partial charge in [0.1, 0.15) is 10.7 Å². The Kier molecular flexibility index (Phi) is 3.61. The predicted octanol–water partition coefficient (Wildman–Crippen LogP) is 4.20. The van der Waals surface area contributed by atoms with Gasteiger partial charge >= 0.3 is 0 Å². The first kappa shape index (κ1) is 13.4. The van der Waals surface area contributed by atoms with E-state index in [4.69, 9.17) is 10.5 Å². The van der Waals surface area contributed by atoms with E-state index in [0.29, 0.717) is 22.2 Å². The first-order valence-electron chi connectivity index (χ1n) is 6.79. The van der Waals surface area contributed by atoms with Gasteiger partial charge in [0.25, 0.3) is 0 Å². The van der Waals surface area contributed by atoms with Crippen LogP contribution in [0.15, 0.2) is 18.2 Å². The Morgan fingerprint density at radius 3 is 2.75 bits per heavy atom. The summed E-state index contributed by atoms with van der Waals surface area (Å²) in [7, 11) is 1.45. The molecule has 2 N–H and O–H groups in total. The standard InChI is InChI=1S/C15H17FN2OS/c1-19-12-7-6-10(8-11(12)16)13-14(17)20-15(18-13)9-4-2-3-5-9/h6-9H,2-5,17H2,1H3. The number of hydrogen-bond donors (Lipinski definition) is 1. The lowest BCUT2D eigenvalue weighted by atomic mass is 10.1. The minimum Gasteiger partial charge on any atom is -0.494 e. The molecule has 1 aromatic heterocycles. The Balaban J connectivity index is 1.95. The summed E-state index contributed by atoms with van der Waals surface area (Å²) in [6.07, 6.45) is 4.89. The summed E-state index contributed by atoms with van der Waals surface area (Å²) in [6, 6.07) is 4.84. The molecule has 106 valence electrons. The minimum absolute atomic E-state index is 0.235. The molecule has 1 heterocycles. The molecule has 0 radical (unpaired) electrons. The number of anilines is 1. The number of methoxy groups -OCH3 is 1. The van der Waals surface area contributed by atoms with Gasteiger partial charge in [-0.25, -0.2) is 9.37 Å². The maximum absolute atomic E-state index is 13.8. The largest absolute Gasteiger partial charge is 0.494 e. The lowest BCUT2D eigenvalue weighted by molar-refractivity contribution is 0.386. The Morgan fingerprint density at radius 1 is 1.35 bits per heavy atom. The Labute approximate surface area is 121 Å². The lowest BCUT2D eigenvalue weighted by Gasteiger charge is -2.04. The average Bonchev–Trinajstić information content (AvgIpc) is 3.07. The number of rotatable bonds is 3. The van der Waals surface area contributed by atoms with Gasteiger partial charge in [-0.3, -0.25) is 0 Å². The van der Waals surface area contributed by atoms with Gasteiger partial charge in [-0.1, -0.05) is 12.8 Å². The quantitative estimate of drug-likeness (QED) is 0.922. The summed E-state index contributed by atoms with van der Waals surface area (Å²) < 4.78 is 18.7. The van der Waals surface area contributed by atoms with Crippen LogP contribution in [0.3, 0.4) is 0 Å². The highest BCUT2D eigenvalue weighted by Gasteiger charge is 2.22. The van der Waals surface area contributed by atoms with Crippen LogP contribution in [-0.4, -0.2) is 12.1 Å². The van der Waals surface area contributed by atoms with Crippen LogP contribution in [0.2, 0.25) is 0 Å². The molecule has 1 fully saturated rings. The van der Waals surface area contributed by atoms with Gasteiger partial charge in [0.05, 0.1) is 12.1 Å². The van der Waals surface area contributed by atoms with Crippen LogP contribution in [0.4, 0.5) is 9.39 Å². The first-order valence-corrected chi connectivity index (χ1v) is 7.61. The van der Waals surface area contributed by atoms with Gasteiger partial charge < -0.3 is 10.5 Å². The van der Waals surface area contributed by atoms with Gasteiger partial charge in [0.15, 0.2) is 11.6 Å². The van der Waals surface area contributed by atoms with Crippen molar-refractivity contribution in [3.05, 3.63) is 29.0 Å². The second kappa shape index (κ2) is 5.40. The van der Waals surface area contributed by atoms with Crippen molar-refractivity contribution in [2.45, 2.75) is 31.6 Å². The molecule has 3 nitrogen and oxygen atoms in total. The molecule has 2 aromatic rings. The zero-order valence-electron chi connectivity index (χ0n) is 11.4. The van der Waals surface area contributed by atoms with E-state index in [-0.39, 0.29) is 11.6 Å². The van der Waals surface area contributed by atoms with E-state index in [1.807, 2.05) is 0 Å². The third-order valence-electron chi connectivity index (χ3n) is 3.80. The van der Waals surface area contributed by atoms with E-state index in [1.165, 1.54) is 50.2 Å². The van der Waals surface area contributed by atoms with E-state index in [9.17, 15) is 4.39 Å². The number of nitrogen functional groups attached to an aromatic ring is 1. The molecule has 1 aliphatic carbocycles. The maximum Gasteiger partial charge on any atom is 0.165 e. The highest BCUT2D eigenvalue weighted by Crippen LogP contribution is 2.41. The molecule has 0 unspecified atom stereocenters. The van der Waals surface area contributed by atoms with Crippen molar-refractivity contribution in [3.8, 4) is 17.0 Å². The van der Waals surface area contributed by atoms with E-state index < -0.39 is 0 Å². The summed E-state index contributed by atoms with van der Waals surface area (Å²) in [4.78, 5) is 4.64. The van der Waals surface area contributed by atoms with Crippen LogP contribution in [0, 0.1) is 5.82 Å². The first-order chi connectivity index (χ1) is 9.69. The Bertz CT molecular complexity index is 620. The predicted molar refractivity (Wildman–Crippen MR) is 79.7 cm³/mol. The number of ether oxygens (including phenoxy) is 1. The normalized spacial score (nSPS) is 15.7. The SMILES string of the molecule is COc1ccc(-c2nc(C3CCCC3)sc2N)cc1F. The van der Waals surface area contributed by atoms with Crippen LogP contribution in [-0.2, 0) is 0 Å². The molecule has 0 spiro atoms. The molecular formula is C15H17FN2OS. The zero-order valence-corrected chi connectivity index (χ0v) is 12.2. The number of hydrogen-bond acceptors (Lipinski definition) is 4. The molecule has 20 heavy (non-hydrogen) atoms. The van der Waals surface area contributed by atoms with E-state index in [1.54, 1.807) is 12.1 Å². The molecule has 1 aliphatic rings. The van der Waals surface area contributed by atoms with Gasteiger partial charge in [-0.15, -0.1) is 11.3 Å². The van der Waals surface area contributed by atoms with Crippen LogP contribution < -0.4 is 10.5 Å². The Hall–Kier alpha value is -1.62. The number of halogens is 1. The minimum atomic E-state index is -0.389. The van der Waals surface area contributed by atoms with Crippen LogP contribution in [0.5, 0.6) is 5.75 Å². The van der Waals surface area contributed by atoms with Crippen molar-refractivity contribution in [2.24, 2.45) is 0 Å². The molecule has 3 rings (SSSR count). The summed E-state index contributed by atoms with van der Waals surface area (Å²) in [6.45, 7) is 0. The number of nitrogens with zero attached hydrogens (tertiary/aromatic N) is 1. The second-order valence-electron chi connectivity index (χ2n) is 5.10. The number of thiazole rings is 1. The van der Waals surface area contributed by atoms with Gasteiger partial charge in [-0.2, -0.15) is 0 Å². The molecule has 1 saturated carbocycles. The highest BCUT2D eigenvalue weighted by atomic mass is 32.1. The summed E-state index contributed by atoms with van der Waals surface area (Å²) in [5.41, 5.74) is 7.47. The van der Waals surface area contributed by atoms with Crippen molar-refractivity contribution >= 4 is 16.3 Å². The van der Waals surface area contributed by atoms with E-state index in [2.05, 4.69) is 4.98 Å². The molecular weight excluding hydrogens is 275 g/mol. The molecule has 1 aromatic carbocycles. The second-order valence-corrected chi connectivity index (χ2v) is 6.16. The smallest absolute Gasteiger partial charge is 0.165 e. The van der Waals surface area contributed by atoms with E-state index >= 15 is 0 Å². The molecule has 5 heteroatoms. The maximum atomic E-state index is 13.8. The average molecular weight is 292 g/mol. The lowest BCUT2D eigenvalue weighted by Crippen LogP contribution is -1.92. The molecule has 0 saturated heterocycles. The molecule has 0 amide bonds. The van der Waals surface area contributed by atoms with Crippen LogP contribution in [0.1, 0.15) is 36.6 Å². The number of aromatic nitrogens is 1. The van der Waals surface area contributed by atoms with Gasteiger partial charge in [0.2, 0.25) is 0 Å². The van der Waals surface area contributed by atoms with Crippen LogP contribution >= 0.6 is 11.3 Å². The third-order valence-corrected chi connectivity index (χ3v) is 4.85. The van der Waals surface area contributed by atoms with Crippen molar-refractivity contribution < 1.29 is 9.13 Å². The molecule has 0 bridgehead atoms. The van der Waals surface area contributed by atoms with Crippen LogP contribution in [0.25, 0.3) is 11.3 Å². The van der Waals surface area contributed by atoms with Crippen molar-refractivity contribution in [1.29, 1.82) is 0 Å². The zero-order chi connectivity index (χ0) is 14.1. The van der Waals surface area contributed by atoms with E-state index in [0.717, 1.165) is 5.01 Å². The summed E-state index contributed by atoms with van der Waals surface area (Å²) in [5, 5.41) is 1.75. The van der Waals surface area contributed by atoms with Gasteiger partial charge in [-0.05, 0) is 31.0 Å². The monoisotopic (exact) mass is 292 g/mol. The highest BCUT2D eigenvalue weighted by molar-refractivity contribution is 7.16. The van der Waals surface area contributed by atoms with Crippen molar-refractivity contribution in [3.63, 3.8) is 0 Å². The van der Waals surface area contributed by atoms with Crippen molar-refractivity contribution in [1.82, 2.24) is 4.98 Å². The fourth-order valence-electron chi connectivity index (χ4n) is 2.72. The fourth-order valence-corrected chi connectivity index (χ4v) is 3.74. The molecule has 0 aliphatic heterocycles. The van der Waals surface area contributed by atoms with Crippen molar-refractivity contribution in [2.75, 3.05) is 12.8 Å².